The molecular weight excluding hydrogens is 1390 g/mol. The standard InChI is InChI=1S/C111H68BN3/c1-7-25-69(26-8-1)75-49-53-87(54-50-75)114-103-65-84(83-63-101(85-59-79(71-29-11-3-12-30-71)57-80(60-85)72-31-13-4-14-32-72)113-102(64-83)86-61-81(73-33-15-5-16-34-73)58-82(62-86)74-35-17-6-18-36-74)66-104-109(103)112(99-67-97-93-43-21-39-77-37-19-41-89(105(77)93)91-45-23-47-95(107(91)97)110(99)114)100-68-98-94-44-22-40-78-38-20-42-90(106(78)94)92-46-24-48-96(108(92)98)111(100)115(104)88-55-51-76(52-56-88)70-27-9-2-10-28-70/h1-68H. The predicted molar refractivity (Wildman–Crippen MR) is 490 cm³/mol. The van der Waals surface area contributed by atoms with Crippen LogP contribution in [-0.2, 0) is 0 Å². The quantitative estimate of drug-likeness (QED) is 0.0731. The summed E-state index contributed by atoms with van der Waals surface area (Å²) in [6.45, 7) is -0.289. The maximum Gasteiger partial charge on any atom is 0.252 e. The Kier molecular flexibility index (Phi) is 14.5. The Morgan fingerprint density at radius 2 is 0.443 bits per heavy atom. The van der Waals surface area contributed by atoms with Gasteiger partial charge in [-0.3, -0.25) is 0 Å². The summed E-state index contributed by atoms with van der Waals surface area (Å²) in [5.74, 6) is 0. The summed E-state index contributed by atoms with van der Waals surface area (Å²) in [5.41, 5.74) is 30.0. The molecule has 4 heteroatoms. The second-order valence-electron chi connectivity index (χ2n) is 31.1. The minimum atomic E-state index is -0.289. The summed E-state index contributed by atoms with van der Waals surface area (Å²) in [6, 6.07) is 155. The van der Waals surface area contributed by atoms with E-state index in [2.05, 4.69) is 422 Å². The third-order valence-corrected chi connectivity index (χ3v) is 24.8. The smallest absolute Gasteiger partial charge is 0.252 e. The molecule has 0 spiro atoms. The number of nitrogens with zero attached hydrogens (tertiary/aromatic N) is 3. The Bertz CT molecular complexity index is 7090. The highest BCUT2D eigenvalue weighted by atomic mass is 15.2. The van der Waals surface area contributed by atoms with Gasteiger partial charge in [0, 0.05) is 56.0 Å². The molecule has 0 radical (unpaired) electrons. The van der Waals surface area contributed by atoms with E-state index < -0.39 is 0 Å². The van der Waals surface area contributed by atoms with Crippen molar-refractivity contribution in [3.63, 3.8) is 0 Å². The SMILES string of the molecule is c1ccc(-c2ccc(N3c4cc(-c5cc(-c6cc(-c7ccccc7)cc(-c7ccccc7)c6)nc(-c6cc(-c7ccccc7)cc(-c7ccccc7)c6)c5)cc5c4B(c4cc6c7cccc8cccc(c9cccc(c43)c96)c87)c3cc4c6cccc7cccc(c8cccc(c3N5c3ccc(-c5ccccc5)cc3)c84)c76)cc2)cc1. The number of benzene rings is 21. The number of fused-ring (bicyclic) bond motifs is 10. The third kappa shape index (κ3) is 10.3. The molecule has 0 bridgehead atoms. The molecule has 1 aromatic heterocycles. The van der Waals surface area contributed by atoms with Crippen LogP contribution in [0.4, 0.5) is 34.1 Å². The van der Waals surface area contributed by atoms with Gasteiger partial charge in [0.2, 0.25) is 0 Å². The van der Waals surface area contributed by atoms with Gasteiger partial charge in [-0.15, -0.1) is 0 Å². The van der Waals surface area contributed by atoms with Gasteiger partial charge in [-0.1, -0.05) is 328 Å². The maximum absolute atomic E-state index is 6.01. The Morgan fingerprint density at radius 3 is 0.783 bits per heavy atom. The zero-order valence-electron chi connectivity index (χ0n) is 62.7. The van der Waals surface area contributed by atoms with Gasteiger partial charge >= 0.3 is 0 Å². The fraction of sp³-hybridized carbons (Fsp3) is 0. The van der Waals surface area contributed by atoms with Crippen LogP contribution < -0.4 is 26.2 Å². The highest BCUT2D eigenvalue weighted by molar-refractivity contribution is 7.01. The molecule has 0 aliphatic carbocycles. The van der Waals surface area contributed by atoms with Crippen molar-refractivity contribution < 1.29 is 0 Å². The first-order chi connectivity index (χ1) is 57.0. The van der Waals surface area contributed by atoms with Crippen molar-refractivity contribution in [1.82, 2.24) is 4.98 Å². The summed E-state index contributed by atoms with van der Waals surface area (Å²) >= 11 is 0. The molecule has 3 heterocycles. The van der Waals surface area contributed by atoms with Gasteiger partial charge in [-0.2, -0.15) is 0 Å². The molecule has 0 saturated heterocycles. The predicted octanol–water partition coefficient (Wildman–Crippen LogP) is 28.3. The molecule has 0 atom stereocenters. The average Bonchev–Trinajstić information content (AvgIpc) is 0.672. The van der Waals surface area contributed by atoms with Gasteiger partial charge in [0.1, 0.15) is 0 Å². The van der Waals surface area contributed by atoms with E-state index in [-0.39, 0.29) is 6.71 Å². The van der Waals surface area contributed by atoms with Crippen LogP contribution in [0.3, 0.4) is 0 Å². The van der Waals surface area contributed by atoms with Crippen LogP contribution in [0.2, 0.25) is 0 Å². The first kappa shape index (κ1) is 64.8. The highest BCUT2D eigenvalue weighted by Gasteiger charge is 2.46. The molecule has 0 N–H and O–H groups in total. The van der Waals surface area contributed by atoms with Crippen molar-refractivity contribution in [2.24, 2.45) is 0 Å². The van der Waals surface area contributed by atoms with Crippen molar-refractivity contribution in [1.29, 1.82) is 0 Å². The molecular formula is C111H68BN3. The summed E-state index contributed by atoms with van der Waals surface area (Å²) in [4.78, 5) is 11.3. The number of hydrogen-bond donors (Lipinski definition) is 0. The van der Waals surface area contributed by atoms with E-state index in [0.717, 1.165) is 112 Å². The average molecular weight is 1450 g/mol. The Balaban J connectivity index is 0.862. The van der Waals surface area contributed by atoms with Crippen LogP contribution >= 0.6 is 0 Å². The van der Waals surface area contributed by atoms with Gasteiger partial charge in [0.15, 0.2) is 0 Å². The van der Waals surface area contributed by atoms with Gasteiger partial charge < -0.3 is 9.80 Å². The van der Waals surface area contributed by atoms with E-state index in [0.29, 0.717) is 0 Å². The van der Waals surface area contributed by atoms with E-state index in [1.165, 1.54) is 125 Å². The lowest BCUT2D eigenvalue weighted by Gasteiger charge is -2.45. The number of rotatable bonds is 11. The molecule has 3 nitrogen and oxygen atoms in total. The lowest BCUT2D eigenvalue weighted by Crippen LogP contribution is -2.61. The number of aromatic nitrogens is 1. The van der Waals surface area contributed by atoms with Crippen LogP contribution in [0.15, 0.2) is 413 Å². The van der Waals surface area contributed by atoms with Crippen molar-refractivity contribution >= 4 is 143 Å². The van der Waals surface area contributed by atoms with E-state index >= 15 is 0 Å². The van der Waals surface area contributed by atoms with Gasteiger partial charge in [-0.05, 0) is 255 Å². The zero-order valence-corrected chi connectivity index (χ0v) is 62.7. The largest absolute Gasteiger partial charge is 0.311 e. The molecule has 0 fully saturated rings. The Morgan fingerprint density at radius 1 is 0.183 bits per heavy atom. The Hall–Kier alpha value is -15.0. The second kappa shape index (κ2) is 25.8. The van der Waals surface area contributed by atoms with Crippen LogP contribution in [0, 0.1) is 0 Å². The van der Waals surface area contributed by atoms with Crippen LogP contribution in [0.1, 0.15) is 0 Å². The molecule has 530 valence electrons. The molecule has 21 aromatic carbocycles. The molecule has 2 aliphatic rings. The molecule has 0 amide bonds. The summed E-state index contributed by atoms with van der Waals surface area (Å²) in [6.07, 6.45) is 0. The summed E-state index contributed by atoms with van der Waals surface area (Å²) in [5, 5.41) is 20.1. The van der Waals surface area contributed by atoms with Crippen molar-refractivity contribution in [3.8, 4) is 100 Å². The number of pyridine rings is 1. The van der Waals surface area contributed by atoms with E-state index in [1.807, 2.05) is 0 Å². The monoisotopic (exact) mass is 1450 g/mol. The van der Waals surface area contributed by atoms with Crippen molar-refractivity contribution in [2.75, 3.05) is 9.80 Å². The molecule has 115 heavy (non-hydrogen) atoms. The second-order valence-corrected chi connectivity index (χ2v) is 31.1. The van der Waals surface area contributed by atoms with Gasteiger partial charge in [0.05, 0.1) is 11.4 Å². The van der Waals surface area contributed by atoms with E-state index in [9.17, 15) is 0 Å². The fourth-order valence-electron chi connectivity index (χ4n) is 19.7. The molecule has 22 aromatic rings. The third-order valence-electron chi connectivity index (χ3n) is 24.8. The highest BCUT2D eigenvalue weighted by Crippen LogP contribution is 2.54. The number of anilines is 6. The minimum Gasteiger partial charge on any atom is -0.311 e. The molecule has 2 aliphatic heterocycles. The van der Waals surface area contributed by atoms with Crippen molar-refractivity contribution in [2.45, 2.75) is 0 Å². The summed E-state index contributed by atoms with van der Waals surface area (Å²) < 4.78 is 0. The Labute approximate surface area is 666 Å². The van der Waals surface area contributed by atoms with E-state index in [1.54, 1.807) is 0 Å². The molecule has 0 unspecified atom stereocenters. The van der Waals surface area contributed by atoms with Crippen LogP contribution in [0.5, 0.6) is 0 Å². The van der Waals surface area contributed by atoms with E-state index in [4.69, 9.17) is 4.98 Å². The zero-order chi connectivity index (χ0) is 75.3. The normalized spacial score (nSPS) is 12.5. The fourth-order valence-corrected chi connectivity index (χ4v) is 19.7. The van der Waals surface area contributed by atoms with Crippen LogP contribution in [-0.4, -0.2) is 11.7 Å². The van der Waals surface area contributed by atoms with Gasteiger partial charge in [-0.25, -0.2) is 4.98 Å². The molecule has 0 saturated carbocycles. The molecule has 24 rings (SSSR count). The van der Waals surface area contributed by atoms with Crippen LogP contribution in [0.25, 0.3) is 187 Å². The lowest BCUT2D eigenvalue weighted by atomic mass is 9.33. The van der Waals surface area contributed by atoms with Gasteiger partial charge in [0.25, 0.3) is 6.71 Å². The lowest BCUT2D eigenvalue weighted by molar-refractivity contribution is 1.27. The topological polar surface area (TPSA) is 19.4 Å². The maximum atomic E-state index is 6.01. The first-order valence-corrected chi connectivity index (χ1v) is 39.9. The minimum absolute atomic E-state index is 0.289. The number of hydrogen-bond acceptors (Lipinski definition) is 3. The first-order valence-electron chi connectivity index (χ1n) is 39.9. The summed E-state index contributed by atoms with van der Waals surface area (Å²) in [7, 11) is 0. The van der Waals surface area contributed by atoms with Crippen molar-refractivity contribution in [3.05, 3.63) is 413 Å².